The number of carbonyl (C=O) groups is 1. The van der Waals surface area contributed by atoms with Gasteiger partial charge in [0.25, 0.3) is 11.6 Å². The highest BCUT2D eigenvalue weighted by atomic mass is 16.6. The molecule has 1 fully saturated rings. The molecule has 1 saturated carbocycles. The maximum Gasteiger partial charge on any atom is 0.288 e. The van der Waals surface area contributed by atoms with Gasteiger partial charge < -0.3 is 11.1 Å². The Hall–Kier alpha value is -2.18. The van der Waals surface area contributed by atoms with Crippen molar-refractivity contribution in [2.45, 2.75) is 39.2 Å². The number of nitrogens with two attached hydrogens (primary N) is 1. The van der Waals surface area contributed by atoms with E-state index >= 15 is 0 Å². The third kappa shape index (κ3) is 3.68. The Bertz CT molecular complexity index is 551. The third-order valence-corrected chi connectivity index (χ3v) is 3.87. The number of nitrogens with zero attached hydrogens (tertiary/aromatic N) is 2. The van der Waals surface area contributed by atoms with E-state index in [9.17, 15) is 14.9 Å². The lowest BCUT2D eigenvalue weighted by atomic mass is 9.80. The fraction of sp³-hybridized carbons (Fsp3) is 0.571. The van der Waals surface area contributed by atoms with Gasteiger partial charge in [-0.15, -0.1) is 0 Å². The van der Waals surface area contributed by atoms with Crippen LogP contribution in [0.2, 0.25) is 0 Å². The molecule has 1 aromatic rings. The summed E-state index contributed by atoms with van der Waals surface area (Å²) in [6, 6.07) is 1.25. The highest BCUT2D eigenvalue weighted by molar-refractivity contribution is 5.99. The van der Waals surface area contributed by atoms with E-state index in [0.717, 1.165) is 25.5 Å². The quantitative estimate of drug-likeness (QED) is 0.654. The number of carbonyl (C=O) groups excluding carboxylic acids is 1. The number of anilines is 1. The second kappa shape index (κ2) is 6.07. The Kier molecular flexibility index (Phi) is 4.40. The van der Waals surface area contributed by atoms with E-state index in [2.05, 4.69) is 24.1 Å². The lowest BCUT2D eigenvalue weighted by Gasteiger charge is -2.32. The standard InChI is InChI=1S/C14H20N4O3/c1-8-3-9(2)5-10(4-8)17-14(19)12-6-11(18(20)21)7-16-13(12)15/h6-10H,3-5H2,1-2H3,(H2,15,16)(H,17,19). The van der Waals surface area contributed by atoms with Gasteiger partial charge in [-0.3, -0.25) is 14.9 Å². The average Bonchev–Trinajstić information content (AvgIpc) is 2.37. The molecule has 0 aromatic carbocycles. The van der Waals surface area contributed by atoms with E-state index in [4.69, 9.17) is 5.73 Å². The van der Waals surface area contributed by atoms with Crippen molar-refractivity contribution in [2.24, 2.45) is 11.8 Å². The predicted molar refractivity (Wildman–Crippen MR) is 78.7 cm³/mol. The summed E-state index contributed by atoms with van der Waals surface area (Å²) in [6.07, 6.45) is 4.04. The van der Waals surface area contributed by atoms with Crippen LogP contribution in [-0.2, 0) is 0 Å². The van der Waals surface area contributed by atoms with E-state index in [1.165, 1.54) is 6.07 Å². The van der Waals surface area contributed by atoms with Gasteiger partial charge in [0.1, 0.15) is 12.0 Å². The zero-order chi connectivity index (χ0) is 15.6. The first-order chi connectivity index (χ1) is 9.86. The van der Waals surface area contributed by atoms with Crippen molar-refractivity contribution in [2.75, 3.05) is 5.73 Å². The van der Waals surface area contributed by atoms with Crippen molar-refractivity contribution in [1.29, 1.82) is 0 Å². The number of amides is 1. The zero-order valence-electron chi connectivity index (χ0n) is 12.2. The Morgan fingerprint density at radius 1 is 1.38 bits per heavy atom. The maximum atomic E-state index is 12.3. The molecule has 0 bridgehead atoms. The fourth-order valence-electron chi connectivity index (χ4n) is 3.07. The molecule has 0 saturated heterocycles. The molecule has 7 nitrogen and oxygen atoms in total. The van der Waals surface area contributed by atoms with Crippen LogP contribution in [0.3, 0.4) is 0 Å². The monoisotopic (exact) mass is 292 g/mol. The Morgan fingerprint density at radius 3 is 2.57 bits per heavy atom. The summed E-state index contributed by atoms with van der Waals surface area (Å²) >= 11 is 0. The number of hydrogen-bond acceptors (Lipinski definition) is 5. The Balaban J connectivity index is 2.13. The summed E-state index contributed by atoms with van der Waals surface area (Å²) in [5.74, 6) is 0.726. The number of aromatic nitrogens is 1. The first kappa shape index (κ1) is 15.2. The third-order valence-electron chi connectivity index (χ3n) is 3.87. The van der Waals surface area contributed by atoms with E-state index in [-0.39, 0.29) is 23.1 Å². The molecule has 0 spiro atoms. The second-order valence-electron chi connectivity index (χ2n) is 5.97. The summed E-state index contributed by atoms with van der Waals surface area (Å²) in [4.78, 5) is 26.2. The van der Waals surface area contributed by atoms with Crippen molar-refractivity contribution >= 4 is 17.4 Å². The van der Waals surface area contributed by atoms with Crippen LogP contribution in [0.1, 0.15) is 43.5 Å². The lowest BCUT2D eigenvalue weighted by molar-refractivity contribution is -0.385. The predicted octanol–water partition coefficient (Wildman–Crippen LogP) is 2.13. The molecule has 2 atom stereocenters. The number of pyridine rings is 1. The Morgan fingerprint density at radius 2 is 2.00 bits per heavy atom. The van der Waals surface area contributed by atoms with Crippen molar-refractivity contribution in [3.63, 3.8) is 0 Å². The van der Waals surface area contributed by atoms with Gasteiger partial charge in [-0.1, -0.05) is 13.8 Å². The molecule has 1 heterocycles. The van der Waals surface area contributed by atoms with Crippen LogP contribution in [0.25, 0.3) is 0 Å². The number of nitro groups is 1. The molecular formula is C14H20N4O3. The highest BCUT2D eigenvalue weighted by Gasteiger charge is 2.26. The molecule has 0 aliphatic heterocycles. The summed E-state index contributed by atoms with van der Waals surface area (Å²) in [5.41, 5.74) is 5.48. The minimum atomic E-state index is -0.589. The molecule has 21 heavy (non-hydrogen) atoms. The minimum absolute atomic E-state index is 0.00927. The van der Waals surface area contributed by atoms with Gasteiger partial charge in [0, 0.05) is 12.1 Å². The summed E-state index contributed by atoms with van der Waals surface area (Å²) in [5, 5.41) is 13.7. The summed E-state index contributed by atoms with van der Waals surface area (Å²) in [7, 11) is 0. The smallest absolute Gasteiger partial charge is 0.288 e. The molecule has 1 amide bonds. The first-order valence-corrected chi connectivity index (χ1v) is 7.07. The molecule has 114 valence electrons. The van der Waals surface area contributed by atoms with Crippen LogP contribution in [0, 0.1) is 22.0 Å². The molecule has 7 heteroatoms. The second-order valence-corrected chi connectivity index (χ2v) is 5.97. The SMILES string of the molecule is CC1CC(C)CC(NC(=O)c2cc([N+](=O)[O-])cnc2N)C1. The van der Waals surface area contributed by atoms with Gasteiger partial charge >= 0.3 is 0 Å². The average molecular weight is 292 g/mol. The fourth-order valence-corrected chi connectivity index (χ4v) is 3.07. The topological polar surface area (TPSA) is 111 Å². The largest absolute Gasteiger partial charge is 0.383 e. The van der Waals surface area contributed by atoms with Crippen LogP contribution in [-0.4, -0.2) is 21.9 Å². The van der Waals surface area contributed by atoms with Gasteiger partial charge in [-0.25, -0.2) is 4.98 Å². The van der Waals surface area contributed by atoms with Gasteiger partial charge in [0.2, 0.25) is 0 Å². The van der Waals surface area contributed by atoms with Gasteiger partial charge in [0.15, 0.2) is 0 Å². The molecule has 2 rings (SSSR count). The highest BCUT2D eigenvalue weighted by Crippen LogP contribution is 2.29. The lowest BCUT2D eigenvalue weighted by Crippen LogP contribution is -2.40. The first-order valence-electron chi connectivity index (χ1n) is 7.07. The van der Waals surface area contributed by atoms with E-state index in [1.807, 2.05) is 0 Å². The normalized spacial score (nSPS) is 25.3. The summed E-state index contributed by atoms with van der Waals surface area (Å²) < 4.78 is 0. The van der Waals surface area contributed by atoms with Crippen molar-refractivity contribution < 1.29 is 9.72 Å². The van der Waals surface area contributed by atoms with Gasteiger partial charge in [-0.05, 0) is 31.1 Å². The van der Waals surface area contributed by atoms with Crippen molar-refractivity contribution in [3.8, 4) is 0 Å². The minimum Gasteiger partial charge on any atom is -0.383 e. The summed E-state index contributed by atoms with van der Waals surface area (Å²) in [6.45, 7) is 4.33. The van der Waals surface area contributed by atoms with E-state index in [0.29, 0.717) is 11.8 Å². The van der Waals surface area contributed by atoms with Crippen molar-refractivity contribution in [1.82, 2.24) is 10.3 Å². The van der Waals surface area contributed by atoms with Crippen LogP contribution in [0.15, 0.2) is 12.3 Å². The van der Waals surface area contributed by atoms with Gasteiger partial charge in [0.05, 0.1) is 10.5 Å². The molecule has 1 aliphatic rings. The molecule has 1 aromatic heterocycles. The van der Waals surface area contributed by atoms with Gasteiger partial charge in [-0.2, -0.15) is 0 Å². The van der Waals surface area contributed by atoms with Crippen LogP contribution >= 0.6 is 0 Å². The zero-order valence-corrected chi connectivity index (χ0v) is 12.2. The molecule has 1 aliphatic carbocycles. The Labute approximate surface area is 123 Å². The van der Waals surface area contributed by atoms with Crippen LogP contribution in [0.5, 0.6) is 0 Å². The van der Waals surface area contributed by atoms with Crippen LogP contribution in [0.4, 0.5) is 11.5 Å². The maximum absolute atomic E-state index is 12.3. The molecule has 3 N–H and O–H groups in total. The van der Waals surface area contributed by atoms with Crippen molar-refractivity contribution in [3.05, 3.63) is 27.9 Å². The van der Waals surface area contributed by atoms with E-state index in [1.54, 1.807) is 0 Å². The number of hydrogen-bond donors (Lipinski definition) is 2. The molecule has 0 radical (unpaired) electrons. The van der Waals surface area contributed by atoms with Crippen LogP contribution < -0.4 is 11.1 Å². The van der Waals surface area contributed by atoms with E-state index < -0.39 is 10.8 Å². The number of rotatable bonds is 3. The number of nitrogen functional groups attached to an aromatic ring is 1. The molecular weight excluding hydrogens is 272 g/mol. The number of nitrogens with one attached hydrogen (secondary N) is 1. The molecule has 2 unspecified atom stereocenters.